The standard InChI is InChI=1S/C64H46N2/c1-7-24-45(25-8-1)51-36-23-37-52(42-51)64-65-59(55-40-21-19-38-53(55)46-26-9-2-10-27-46)44-60(66-64)56-41-22-20-39-54(56)58-43-57(47-28-11-3-12-29-47)61(48-30-13-4-14-31-48)63(50-34-17-6-18-35-50)62(58)49-32-15-5-16-33-49/h1-22,24-35,37-44H,23,36H2. The molecule has 0 saturated carbocycles. The maximum absolute atomic E-state index is 5.57. The maximum Gasteiger partial charge on any atom is 0.160 e. The van der Waals surface area contributed by atoms with Crippen molar-refractivity contribution in [3.63, 3.8) is 0 Å². The number of allylic oxidation sites excluding steroid dienone is 4. The third kappa shape index (κ3) is 8.02. The second kappa shape index (κ2) is 18.3. The van der Waals surface area contributed by atoms with Gasteiger partial charge in [-0.3, -0.25) is 0 Å². The molecule has 0 aliphatic heterocycles. The lowest BCUT2D eigenvalue weighted by Gasteiger charge is -2.25. The van der Waals surface area contributed by atoms with E-state index in [0.717, 1.165) is 91.0 Å². The molecule has 2 heteroatoms. The van der Waals surface area contributed by atoms with Crippen molar-refractivity contribution in [2.75, 3.05) is 0 Å². The Hall–Kier alpha value is -8.46. The summed E-state index contributed by atoms with van der Waals surface area (Å²) in [4.78, 5) is 11.0. The number of rotatable bonds is 10. The Labute approximate surface area is 387 Å². The van der Waals surface area contributed by atoms with Crippen molar-refractivity contribution in [1.29, 1.82) is 0 Å². The van der Waals surface area contributed by atoms with Crippen molar-refractivity contribution >= 4 is 11.1 Å². The van der Waals surface area contributed by atoms with Gasteiger partial charge in [0, 0.05) is 16.7 Å². The Kier molecular flexibility index (Phi) is 11.2. The highest BCUT2D eigenvalue weighted by atomic mass is 14.9. The number of aromatic nitrogens is 2. The average Bonchev–Trinajstić information content (AvgIpc) is 3.41. The third-order valence-corrected chi connectivity index (χ3v) is 12.6. The normalized spacial score (nSPS) is 12.3. The zero-order chi connectivity index (χ0) is 44.1. The number of benzene rings is 9. The van der Waals surface area contributed by atoms with Crippen molar-refractivity contribution in [1.82, 2.24) is 9.97 Å². The minimum absolute atomic E-state index is 0.714. The second-order valence-corrected chi connectivity index (χ2v) is 16.7. The highest BCUT2D eigenvalue weighted by Gasteiger charge is 2.26. The van der Waals surface area contributed by atoms with Crippen LogP contribution in [0.2, 0.25) is 0 Å². The van der Waals surface area contributed by atoms with Crippen LogP contribution < -0.4 is 0 Å². The molecule has 0 bridgehead atoms. The lowest BCUT2D eigenvalue weighted by molar-refractivity contribution is 1.04. The first-order valence-electron chi connectivity index (χ1n) is 22.8. The summed E-state index contributed by atoms with van der Waals surface area (Å²) in [5.74, 6) is 0.714. The predicted molar refractivity (Wildman–Crippen MR) is 277 cm³/mol. The Morgan fingerprint density at radius 1 is 0.288 bits per heavy atom. The van der Waals surface area contributed by atoms with Crippen molar-refractivity contribution in [3.8, 4) is 89.3 Å². The lowest BCUT2D eigenvalue weighted by atomic mass is 9.78. The molecule has 0 fully saturated rings. The maximum atomic E-state index is 5.57. The van der Waals surface area contributed by atoms with E-state index in [-0.39, 0.29) is 0 Å². The van der Waals surface area contributed by atoms with Crippen LogP contribution in [0.4, 0.5) is 0 Å². The Bertz CT molecular complexity index is 3360. The van der Waals surface area contributed by atoms with Crippen LogP contribution in [-0.4, -0.2) is 9.97 Å². The van der Waals surface area contributed by atoms with Crippen LogP contribution in [0.15, 0.2) is 255 Å². The predicted octanol–water partition coefficient (Wildman–Crippen LogP) is 17.1. The molecular weight excluding hydrogens is 797 g/mol. The van der Waals surface area contributed by atoms with Gasteiger partial charge in [-0.2, -0.15) is 0 Å². The molecule has 312 valence electrons. The van der Waals surface area contributed by atoms with Gasteiger partial charge in [-0.1, -0.05) is 237 Å². The van der Waals surface area contributed by atoms with Gasteiger partial charge in [0.1, 0.15) is 0 Å². The van der Waals surface area contributed by atoms with E-state index in [4.69, 9.17) is 9.97 Å². The number of hydrogen-bond acceptors (Lipinski definition) is 2. The molecule has 11 rings (SSSR count). The van der Waals surface area contributed by atoms with Crippen molar-refractivity contribution < 1.29 is 0 Å². The molecule has 10 aromatic rings. The molecule has 1 aliphatic carbocycles. The summed E-state index contributed by atoms with van der Waals surface area (Å²) in [7, 11) is 0. The monoisotopic (exact) mass is 842 g/mol. The van der Waals surface area contributed by atoms with Gasteiger partial charge in [0.2, 0.25) is 0 Å². The first-order chi connectivity index (χ1) is 32.8. The molecule has 2 nitrogen and oxygen atoms in total. The fourth-order valence-electron chi connectivity index (χ4n) is 9.55. The molecule has 0 N–H and O–H groups in total. The van der Waals surface area contributed by atoms with Gasteiger partial charge in [0.25, 0.3) is 0 Å². The summed E-state index contributed by atoms with van der Waals surface area (Å²) in [5, 5.41) is 0. The summed E-state index contributed by atoms with van der Waals surface area (Å²) in [5.41, 5.74) is 21.2. The summed E-state index contributed by atoms with van der Waals surface area (Å²) in [6, 6.07) is 86.9. The van der Waals surface area contributed by atoms with Gasteiger partial charge < -0.3 is 0 Å². The van der Waals surface area contributed by atoms with Crippen LogP contribution in [0.3, 0.4) is 0 Å². The summed E-state index contributed by atoms with van der Waals surface area (Å²) in [6.07, 6.45) is 6.48. The van der Waals surface area contributed by atoms with Crippen LogP contribution in [0.1, 0.15) is 24.2 Å². The lowest BCUT2D eigenvalue weighted by Crippen LogP contribution is -2.03. The van der Waals surface area contributed by atoms with Crippen LogP contribution in [-0.2, 0) is 0 Å². The average molecular weight is 843 g/mol. The molecule has 0 saturated heterocycles. The number of nitrogens with zero attached hydrogens (tertiary/aromatic N) is 2. The fraction of sp³-hybridized carbons (Fsp3) is 0.0312. The van der Waals surface area contributed by atoms with E-state index in [2.05, 4.69) is 255 Å². The van der Waals surface area contributed by atoms with Crippen molar-refractivity contribution in [2.45, 2.75) is 12.8 Å². The molecule has 1 heterocycles. The molecule has 1 aromatic heterocycles. The minimum atomic E-state index is 0.714. The van der Waals surface area contributed by atoms with Gasteiger partial charge in [-0.25, -0.2) is 9.97 Å². The quantitative estimate of drug-likeness (QED) is 0.137. The van der Waals surface area contributed by atoms with Gasteiger partial charge in [-0.05, 0) is 109 Å². The molecule has 9 aromatic carbocycles. The van der Waals surface area contributed by atoms with E-state index in [0.29, 0.717) is 5.82 Å². The van der Waals surface area contributed by atoms with Crippen molar-refractivity contribution in [2.24, 2.45) is 0 Å². The van der Waals surface area contributed by atoms with E-state index in [9.17, 15) is 0 Å². The first kappa shape index (κ1) is 40.3. The van der Waals surface area contributed by atoms with Crippen LogP contribution in [0.5, 0.6) is 0 Å². The van der Waals surface area contributed by atoms with Crippen LogP contribution in [0, 0.1) is 0 Å². The fourth-order valence-corrected chi connectivity index (χ4v) is 9.55. The molecule has 66 heavy (non-hydrogen) atoms. The zero-order valence-electron chi connectivity index (χ0n) is 36.6. The van der Waals surface area contributed by atoms with Gasteiger partial charge in [0.05, 0.1) is 11.4 Å². The summed E-state index contributed by atoms with van der Waals surface area (Å²) < 4.78 is 0. The second-order valence-electron chi connectivity index (χ2n) is 16.7. The molecule has 0 unspecified atom stereocenters. The Morgan fingerprint density at radius 3 is 1.18 bits per heavy atom. The summed E-state index contributed by atoms with van der Waals surface area (Å²) in [6.45, 7) is 0. The molecule has 0 amide bonds. The molecule has 0 spiro atoms. The largest absolute Gasteiger partial charge is 0.228 e. The van der Waals surface area contributed by atoms with Gasteiger partial charge in [0.15, 0.2) is 5.82 Å². The van der Waals surface area contributed by atoms with E-state index in [1.807, 2.05) is 0 Å². The highest BCUT2D eigenvalue weighted by molar-refractivity contribution is 6.09. The molecule has 0 atom stereocenters. The minimum Gasteiger partial charge on any atom is -0.228 e. The molecule has 0 radical (unpaired) electrons. The Morgan fingerprint density at radius 2 is 0.667 bits per heavy atom. The van der Waals surface area contributed by atoms with Crippen LogP contribution >= 0.6 is 0 Å². The SMILES string of the molecule is C1=C(c2ccccc2)CCC=C1c1nc(-c2ccccc2-c2ccccc2)cc(-c2ccccc2-c2cc(-c3ccccc3)c(-c3ccccc3)c(-c3ccccc3)c2-c2ccccc2)n1. The molecular formula is C64H46N2. The van der Waals surface area contributed by atoms with Gasteiger partial charge >= 0.3 is 0 Å². The third-order valence-electron chi connectivity index (χ3n) is 12.6. The van der Waals surface area contributed by atoms with Crippen molar-refractivity contribution in [3.05, 3.63) is 266 Å². The highest BCUT2D eigenvalue weighted by Crippen LogP contribution is 2.51. The smallest absolute Gasteiger partial charge is 0.160 e. The topological polar surface area (TPSA) is 25.8 Å². The first-order valence-corrected chi connectivity index (χ1v) is 22.8. The molecule has 1 aliphatic rings. The zero-order valence-corrected chi connectivity index (χ0v) is 36.6. The van der Waals surface area contributed by atoms with Gasteiger partial charge in [-0.15, -0.1) is 0 Å². The van der Waals surface area contributed by atoms with Crippen LogP contribution in [0.25, 0.3) is 100 Å². The van der Waals surface area contributed by atoms with E-state index >= 15 is 0 Å². The van der Waals surface area contributed by atoms with E-state index in [1.54, 1.807) is 0 Å². The number of hydrogen-bond donors (Lipinski definition) is 0. The van der Waals surface area contributed by atoms with E-state index < -0.39 is 0 Å². The summed E-state index contributed by atoms with van der Waals surface area (Å²) >= 11 is 0. The van der Waals surface area contributed by atoms with E-state index in [1.165, 1.54) is 27.8 Å². The Balaban J connectivity index is 1.21.